The number of nitro groups is 1. The quantitative estimate of drug-likeness (QED) is 0.466. The van der Waals surface area contributed by atoms with Crippen LogP contribution in [0.5, 0.6) is 11.5 Å². The van der Waals surface area contributed by atoms with Crippen LogP contribution in [0.3, 0.4) is 0 Å². The van der Waals surface area contributed by atoms with E-state index in [0.29, 0.717) is 5.75 Å². The summed E-state index contributed by atoms with van der Waals surface area (Å²) in [6.45, 7) is 0.649. The van der Waals surface area contributed by atoms with Crippen molar-refractivity contribution in [3.8, 4) is 11.5 Å². The summed E-state index contributed by atoms with van der Waals surface area (Å²) in [5, 5.41) is 11.2. The molecule has 0 aromatic heterocycles. The zero-order valence-electron chi connectivity index (χ0n) is 17.2. The van der Waals surface area contributed by atoms with E-state index in [2.05, 4.69) is 0 Å². The molecule has 1 fully saturated rings. The minimum Gasteiger partial charge on any atom is -0.496 e. The fourth-order valence-corrected chi connectivity index (χ4v) is 4.87. The lowest BCUT2D eigenvalue weighted by Gasteiger charge is -2.34. The maximum absolute atomic E-state index is 13.0. The van der Waals surface area contributed by atoms with Gasteiger partial charge in [0.05, 0.1) is 30.5 Å². The number of piperazine rings is 1. The number of carbonyl (C=O) groups is 1. The highest BCUT2D eigenvalue weighted by atomic mass is 32.2. The van der Waals surface area contributed by atoms with Crippen LogP contribution in [0.1, 0.15) is 5.56 Å². The number of nitrogens with zero attached hydrogens (tertiary/aromatic N) is 3. The van der Waals surface area contributed by atoms with E-state index in [0.717, 1.165) is 11.6 Å². The molecule has 0 bridgehead atoms. The van der Waals surface area contributed by atoms with Crippen molar-refractivity contribution >= 4 is 21.6 Å². The molecule has 1 aliphatic rings. The zero-order chi connectivity index (χ0) is 22.6. The molecule has 10 nitrogen and oxygen atoms in total. The minimum absolute atomic E-state index is 0.0179. The number of rotatable bonds is 7. The van der Waals surface area contributed by atoms with E-state index in [1.165, 1.54) is 30.7 Å². The Morgan fingerprint density at radius 2 is 1.68 bits per heavy atom. The number of hydrogen-bond donors (Lipinski definition) is 0. The van der Waals surface area contributed by atoms with Crippen LogP contribution >= 0.6 is 0 Å². The summed E-state index contributed by atoms with van der Waals surface area (Å²) in [4.78, 5) is 24.6. The molecule has 0 spiro atoms. The third-order valence-electron chi connectivity index (χ3n) is 5.11. The molecular formula is C20H23N3O7S. The largest absolute Gasteiger partial charge is 0.496 e. The number of methoxy groups -OCH3 is 2. The highest BCUT2D eigenvalue weighted by Gasteiger charge is 2.32. The molecule has 0 atom stereocenters. The first kappa shape index (κ1) is 22.5. The number of hydrogen-bond acceptors (Lipinski definition) is 7. The van der Waals surface area contributed by atoms with E-state index in [1.54, 1.807) is 11.0 Å². The predicted octanol–water partition coefficient (Wildman–Crippen LogP) is 1.69. The number of carbonyl (C=O) groups excluding carboxylic acids is 1. The number of para-hydroxylation sites is 1. The molecular weight excluding hydrogens is 426 g/mol. The molecule has 3 rings (SSSR count). The Morgan fingerprint density at radius 3 is 2.29 bits per heavy atom. The molecule has 2 aromatic rings. The number of benzene rings is 2. The SMILES string of the molecule is COc1ccccc1CC(=O)N1CCN(S(=O)(=O)c2ccc(OC)c([N+](=O)[O-])c2)CC1. The molecule has 1 aliphatic heterocycles. The molecule has 0 aliphatic carbocycles. The second-order valence-corrected chi connectivity index (χ2v) is 8.80. The lowest BCUT2D eigenvalue weighted by Crippen LogP contribution is -2.50. The van der Waals surface area contributed by atoms with Crippen LogP contribution in [-0.4, -0.2) is 68.9 Å². The summed E-state index contributed by atoms with van der Waals surface area (Å²) in [6, 6.07) is 10.8. The van der Waals surface area contributed by atoms with Crippen LogP contribution in [0.25, 0.3) is 0 Å². The number of ether oxygens (including phenoxy) is 2. The van der Waals surface area contributed by atoms with E-state index >= 15 is 0 Å². The van der Waals surface area contributed by atoms with Gasteiger partial charge in [0.2, 0.25) is 15.9 Å². The third-order valence-corrected chi connectivity index (χ3v) is 7.00. The summed E-state index contributed by atoms with van der Waals surface area (Å²) in [5.41, 5.74) is 0.338. The molecule has 0 N–H and O–H groups in total. The van der Waals surface area contributed by atoms with Crippen molar-refractivity contribution in [2.75, 3.05) is 40.4 Å². The van der Waals surface area contributed by atoms with E-state index in [9.17, 15) is 23.3 Å². The number of sulfonamides is 1. The summed E-state index contributed by atoms with van der Waals surface area (Å²) in [5.74, 6) is 0.482. The van der Waals surface area contributed by atoms with Crippen LogP contribution < -0.4 is 9.47 Å². The normalized spacial score (nSPS) is 14.8. The van der Waals surface area contributed by atoms with Gasteiger partial charge >= 0.3 is 5.69 Å². The molecule has 1 heterocycles. The molecule has 0 unspecified atom stereocenters. The summed E-state index contributed by atoms with van der Waals surface area (Å²) >= 11 is 0. The molecule has 1 saturated heterocycles. The fraction of sp³-hybridized carbons (Fsp3) is 0.350. The van der Waals surface area contributed by atoms with E-state index < -0.39 is 20.6 Å². The minimum atomic E-state index is -3.95. The lowest BCUT2D eigenvalue weighted by atomic mass is 10.1. The topological polar surface area (TPSA) is 119 Å². The standard InChI is InChI=1S/C20H23N3O7S/c1-29-18-6-4-3-5-15(18)13-20(24)21-9-11-22(12-10-21)31(27,28)16-7-8-19(30-2)17(14-16)23(25)26/h3-8,14H,9-13H2,1-2H3. The van der Waals surface area contributed by atoms with E-state index in [1.807, 2.05) is 18.2 Å². The molecule has 166 valence electrons. The van der Waals surface area contributed by atoms with Crippen molar-refractivity contribution in [2.45, 2.75) is 11.3 Å². The first-order valence-corrected chi connectivity index (χ1v) is 10.9. The van der Waals surface area contributed by atoms with Gasteiger partial charge in [-0.2, -0.15) is 4.31 Å². The van der Waals surface area contributed by atoms with Gasteiger partial charge in [-0.05, 0) is 18.2 Å². The number of amides is 1. The van der Waals surface area contributed by atoms with Gasteiger partial charge in [-0.3, -0.25) is 14.9 Å². The molecule has 1 amide bonds. The van der Waals surface area contributed by atoms with Gasteiger partial charge in [0.25, 0.3) is 0 Å². The van der Waals surface area contributed by atoms with Crippen LogP contribution in [-0.2, 0) is 21.2 Å². The smallest absolute Gasteiger partial charge is 0.312 e. The Kier molecular flexibility index (Phi) is 6.76. The second-order valence-electron chi connectivity index (χ2n) is 6.86. The Hall–Kier alpha value is -3.18. The van der Waals surface area contributed by atoms with Crippen molar-refractivity contribution in [3.63, 3.8) is 0 Å². The van der Waals surface area contributed by atoms with Crippen LogP contribution in [0.2, 0.25) is 0 Å². The van der Waals surface area contributed by atoms with Crippen LogP contribution in [0, 0.1) is 10.1 Å². The Balaban J connectivity index is 1.69. The van der Waals surface area contributed by atoms with Crippen molar-refractivity contribution < 1.29 is 27.6 Å². The van der Waals surface area contributed by atoms with Crippen molar-refractivity contribution in [1.29, 1.82) is 0 Å². The monoisotopic (exact) mass is 449 g/mol. The third kappa shape index (κ3) is 4.78. The average molecular weight is 449 g/mol. The highest BCUT2D eigenvalue weighted by Crippen LogP contribution is 2.31. The maximum Gasteiger partial charge on any atom is 0.312 e. The molecule has 31 heavy (non-hydrogen) atoms. The Morgan fingerprint density at radius 1 is 1.03 bits per heavy atom. The second kappa shape index (κ2) is 9.31. The van der Waals surface area contributed by atoms with Gasteiger partial charge in [0.1, 0.15) is 5.75 Å². The molecule has 11 heteroatoms. The molecule has 0 saturated carbocycles. The average Bonchev–Trinajstić information content (AvgIpc) is 2.78. The Bertz CT molecular complexity index is 1080. The van der Waals surface area contributed by atoms with Gasteiger partial charge < -0.3 is 14.4 Å². The highest BCUT2D eigenvalue weighted by molar-refractivity contribution is 7.89. The van der Waals surface area contributed by atoms with E-state index in [-0.39, 0.29) is 49.2 Å². The van der Waals surface area contributed by atoms with Crippen LogP contribution in [0.4, 0.5) is 5.69 Å². The maximum atomic E-state index is 13.0. The summed E-state index contributed by atoms with van der Waals surface area (Å²) in [6.07, 6.45) is 0.154. The first-order chi connectivity index (χ1) is 14.8. The number of nitro benzene ring substituents is 1. The van der Waals surface area contributed by atoms with Crippen LogP contribution in [0.15, 0.2) is 47.4 Å². The molecule has 2 aromatic carbocycles. The zero-order valence-corrected chi connectivity index (χ0v) is 18.0. The van der Waals surface area contributed by atoms with Crippen molar-refractivity contribution in [2.24, 2.45) is 0 Å². The van der Waals surface area contributed by atoms with Gasteiger partial charge in [-0.15, -0.1) is 0 Å². The van der Waals surface area contributed by atoms with Gasteiger partial charge in [-0.25, -0.2) is 8.42 Å². The lowest BCUT2D eigenvalue weighted by molar-refractivity contribution is -0.386. The predicted molar refractivity (Wildman–Crippen MR) is 112 cm³/mol. The van der Waals surface area contributed by atoms with Crippen molar-refractivity contribution in [3.05, 3.63) is 58.1 Å². The summed E-state index contributed by atoms with van der Waals surface area (Å²) < 4.78 is 37.3. The summed E-state index contributed by atoms with van der Waals surface area (Å²) in [7, 11) is -1.13. The molecule has 0 radical (unpaired) electrons. The van der Waals surface area contributed by atoms with Gasteiger partial charge in [0, 0.05) is 37.8 Å². The van der Waals surface area contributed by atoms with Crippen molar-refractivity contribution in [1.82, 2.24) is 9.21 Å². The van der Waals surface area contributed by atoms with E-state index in [4.69, 9.17) is 9.47 Å². The van der Waals surface area contributed by atoms with Gasteiger partial charge in [-0.1, -0.05) is 18.2 Å². The fourth-order valence-electron chi connectivity index (χ4n) is 3.42. The Labute approximate surface area is 180 Å². The van der Waals surface area contributed by atoms with Gasteiger partial charge in [0.15, 0.2) is 5.75 Å². The first-order valence-electron chi connectivity index (χ1n) is 9.50.